The van der Waals surface area contributed by atoms with E-state index in [0.717, 1.165) is 6.92 Å². The molecule has 18 heavy (non-hydrogen) atoms. The van der Waals surface area contributed by atoms with Gasteiger partial charge in [0.05, 0.1) is 19.6 Å². The van der Waals surface area contributed by atoms with E-state index in [1.165, 1.54) is 36.2 Å². The van der Waals surface area contributed by atoms with E-state index in [-0.39, 0.29) is 0 Å². The Morgan fingerprint density at radius 3 is 1.78 bits per heavy atom. The Kier molecular flexibility index (Phi) is 8.05. The number of aliphatic carboxylic acids is 1. The third-order valence-electron chi connectivity index (χ3n) is 3.37. The molecule has 1 aromatic rings. The quantitative estimate of drug-likeness (QED) is 0.817. The number of benzene rings is 1. The minimum absolute atomic E-state index is 0.833. The number of rotatable bonds is 5. The van der Waals surface area contributed by atoms with Crippen molar-refractivity contribution >= 4 is 5.97 Å². The van der Waals surface area contributed by atoms with Crippen LogP contribution in [-0.2, 0) is 11.3 Å². The first-order valence-electron chi connectivity index (χ1n) is 6.58. The topological polar surface area (TPSA) is 37.3 Å². The summed E-state index contributed by atoms with van der Waals surface area (Å²) in [6.45, 7) is 12.8. The highest BCUT2D eigenvalue weighted by Crippen LogP contribution is 2.13. The van der Waals surface area contributed by atoms with E-state index in [4.69, 9.17) is 9.90 Å². The molecule has 0 bridgehead atoms. The highest BCUT2D eigenvalue weighted by atomic mass is 16.4. The van der Waals surface area contributed by atoms with E-state index in [2.05, 4.69) is 51.1 Å². The Bertz CT molecular complexity index is 319. The second kappa shape index (κ2) is 8.70. The second-order valence-corrected chi connectivity index (χ2v) is 4.45. The van der Waals surface area contributed by atoms with Crippen molar-refractivity contribution in [3.8, 4) is 0 Å². The lowest BCUT2D eigenvalue weighted by atomic mass is 10.2. The molecular formula is C15H26NO2+. The van der Waals surface area contributed by atoms with E-state index in [9.17, 15) is 0 Å². The molecule has 0 aliphatic rings. The van der Waals surface area contributed by atoms with Crippen LogP contribution in [0.4, 0.5) is 0 Å². The van der Waals surface area contributed by atoms with Crippen LogP contribution in [0.1, 0.15) is 33.3 Å². The summed E-state index contributed by atoms with van der Waals surface area (Å²) in [6, 6.07) is 10.8. The predicted octanol–water partition coefficient (Wildman–Crippen LogP) is 3.15. The fourth-order valence-electron chi connectivity index (χ4n) is 1.98. The standard InChI is InChI=1S/C13H22N.C2H4O2/c1-4-14(5-2,6-3)12-13-10-8-7-9-11-13;1-2(3)4/h7-11H,4-6,12H2,1-3H3;1H3,(H,3,4)/q+1;. The molecule has 0 unspecified atom stereocenters. The van der Waals surface area contributed by atoms with Gasteiger partial charge in [0, 0.05) is 12.5 Å². The van der Waals surface area contributed by atoms with Crippen LogP contribution in [0.2, 0.25) is 0 Å². The van der Waals surface area contributed by atoms with E-state index in [1.54, 1.807) is 0 Å². The fourth-order valence-corrected chi connectivity index (χ4v) is 1.98. The van der Waals surface area contributed by atoms with Gasteiger partial charge in [-0.15, -0.1) is 0 Å². The molecule has 102 valence electrons. The van der Waals surface area contributed by atoms with Gasteiger partial charge >= 0.3 is 0 Å². The van der Waals surface area contributed by atoms with Crippen LogP contribution in [-0.4, -0.2) is 35.2 Å². The summed E-state index contributed by atoms with van der Waals surface area (Å²) in [7, 11) is 0. The number of quaternary nitrogens is 1. The van der Waals surface area contributed by atoms with Gasteiger partial charge in [-0.1, -0.05) is 30.3 Å². The van der Waals surface area contributed by atoms with Crippen LogP contribution in [0.25, 0.3) is 0 Å². The molecule has 1 aromatic carbocycles. The first-order valence-corrected chi connectivity index (χ1v) is 6.58. The van der Waals surface area contributed by atoms with Crippen molar-refractivity contribution in [3.05, 3.63) is 35.9 Å². The first kappa shape index (κ1) is 16.6. The molecule has 3 nitrogen and oxygen atoms in total. The van der Waals surface area contributed by atoms with Gasteiger partial charge in [0.15, 0.2) is 0 Å². The maximum atomic E-state index is 9.00. The summed E-state index contributed by atoms with van der Waals surface area (Å²) < 4.78 is 1.20. The maximum Gasteiger partial charge on any atom is 0.300 e. The molecule has 0 fully saturated rings. The molecule has 0 amide bonds. The summed E-state index contributed by atoms with van der Waals surface area (Å²) in [5, 5.41) is 7.42. The summed E-state index contributed by atoms with van der Waals surface area (Å²) in [4.78, 5) is 9.00. The summed E-state index contributed by atoms with van der Waals surface area (Å²) in [5.41, 5.74) is 1.46. The van der Waals surface area contributed by atoms with Crippen LogP contribution in [0.3, 0.4) is 0 Å². The van der Waals surface area contributed by atoms with Gasteiger partial charge in [0.1, 0.15) is 6.54 Å². The molecule has 0 spiro atoms. The lowest BCUT2D eigenvalue weighted by molar-refractivity contribution is -0.936. The molecule has 1 N–H and O–H groups in total. The molecule has 0 aromatic heterocycles. The predicted molar refractivity (Wildman–Crippen MR) is 75.3 cm³/mol. The minimum Gasteiger partial charge on any atom is -0.481 e. The zero-order valence-corrected chi connectivity index (χ0v) is 12.0. The normalized spacial score (nSPS) is 10.4. The minimum atomic E-state index is -0.833. The van der Waals surface area contributed by atoms with Gasteiger partial charge in [-0.05, 0) is 20.8 Å². The lowest BCUT2D eigenvalue weighted by Gasteiger charge is -2.35. The smallest absolute Gasteiger partial charge is 0.300 e. The van der Waals surface area contributed by atoms with E-state index >= 15 is 0 Å². The van der Waals surface area contributed by atoms with Crippen LogP contribution in [0.15, 0.2) is 30.3 Å². The third-order valence-corrected chi connectivity index (χ3v) is 3.37. The summed E-state index contributed by atoms with van der Waals surface area (Å²) in [6.07, 6.45) is 0. The molecule has 3 heteroatoms. The highest BCUT2D eigenvalue weighted by Gasteiger charge is 2.20. The monoisotopic (exact) mass is 252 g/mol. The van der Waals surface area contributed by atoms with Gasteiger partial charge < -0.3 is 9.59 Å². The van der Waals surface area contributed by atoms with Crippen LogP contribution in [0.5, 0.6) is 0 Å². The first-order chi connectivity index (χ1) is 8.49. The van der Waals surface area contributed by atoms with Crippen molar-refractivity contribution in [3.63, 3.8) is 0 Å². The van der Waals surface area contributed by atoms with Crippen molar-refractivity contribution in [2.45, 2.75) is 34.2 Å². The number of carbonyl (C=O) groups is 1. The van der Waals surface area contributed by atoms with Crippen molar-refractivity contribution in [2.75, 3.05) is 19.6 Å². The number of hydrogen-bond acceptors (Lipinski definition) is 1. The van der Waals surface area contributed by atoms with Crippen molar-refractivity contribution in [1.29, 1.82) is 0 Å². The SMILES string of the molecule is CC(=O)O.CC[N+](CC)(CC)Cc1ccccc1. The van der Waals surface area contributed by atoms with Crippen LogP contribution in [0, 0.1) is 0 Å². The van der Waals surface area contributed by atoms with Gasteiger partial charge in [0.2, 0.25) is 0 Å². The number of carboxylic acid groups (broad SMARTS) is 1. The molecule has 1 rings (SSSR count). The van der Waals surface area contributed by atoms with E-state index in [0.29, 0.717) is 0 Å². The number of carboxylic acids is 1. The molecular weight excluding hydrogens is 226 g/mol. The Morgan fingerprint density at radius 1 is 1.06 bits per heavy atom. The molecule has 0 aliphatic carbocycles. The molecule has 0 saturated carbocycles. The average Bonchev–Trinajstić information content (AvgIpc) is 2.37. The average molecular weight is 252 g/mol. The van der Waals surface area contributed by atoms with Crippen LogP contribution >= 0.6 is 0 Å². The van der Waals surface area contributed by atoms with Crippen molar-refractivity contribution in [2.24, 2.45) is 0 Å². The van der Waals surface area contributed by atoms with E-state index < -0.39 is 5.97 Å². The Balaban J connectivity index is 0.000000631. The third kappa shape index (κ3) is 6.40. The van der Waals surface area contributed by atoms with Gasteiger partial charge in [-0.3, -0.25) is 4.79 Å². The van der Waals surface area contributed by atoms with Gasteiger partial charge in [-0.2, -0.15) is 0 Å². The number of hydrogen-bond donors (Lipinski definition) is 1. The maximum absolute atomic E-state index is 9.00. The highest BCUT2D eigenvalue weighted by molar-refractivity contribution is 5.62. The molecule has 0 aliphatic heterocycles. The van der Waals surface area contributed by atoms with Crippen LogP contribution < -0.4 is 0 Å². The zero-order chi connectivity index (χ0) is 14.0. The molecule has 0 atom stereocenters. The van der Waals surface area contributed by atoms with E-state index in [1.807, 2.05) is 0 Å². The lowest BCUT2D eigenvalue weighted by Crippen LogP contribution is -2.46. The van der Waals surface area contributed by atoms with Gasteiger partial charge in [-0.25, -0.2) is 0 Å². The molecule has 0 heterocycles. The number of nitrogens with zero attached hydrogens (tertiary/aromatic N) is 1. The summed E-state index contributed by atoms with van der Waals surface area (Å²) >= 11 is 0. The van der Waals surface area contributed by atoms with Crippen molar-refractivity contribution < 1.29 is 14.4 Å². The second-order valence-electron chi connectivity index (χ2n) is 4.45. The Morgan fingerprint density at radius 2 is 1.44 bits per heavy atom. The molecule has 0 radical (unpaired) electrons. The fraction of sp³-hybridized carbons (Fsp3) is 0.533. The Hall–Kier alpha value is -1.35. The summed E-state index contributed by atoms with van der Waals surface area (Å²) in [5.74, 6) is -0.833. The largest absolute Gasteiger partial charge is 0.481 e. The van der Waals surface area contributed by atoms with Crippen molar-refractivity contribution in [1.82, 2.24) is 0 Å². The molecule has 0 saturated heterocycles. The Labute approximate surface area is 111 Å². The zero-order valence-electron chi connectivity index (χ0n) is 12.0. The van der Waals surface area contributed by atoms with Gasteiger partial charge in [0.25, 0.3) is 5.97 Å².